The van der Waals surface area contributed by atoms with E-state index < -0.39 is 18.9 Å². The number of hydrogen-bond donors (Lipinski definition) is 0. The van der Waals surface area contributed by atoms with Crippen molar-refractivity contribution in [2.75, 3.05) is 0 Å². The van der Waals surface area contributed by atoms with E-state index in [4.69, 9.17) is 0 Å². The molecule has 0 aromatic heterocycles. The molecule has 0 aromatic rings. The van der Waals surface area contributed by atoms with Gasteiger partial charge in [0.2, 0.25) is 0 Å². The molecule has 0 fully saturated rings. The van der Waals surface area contributed by atoms with Gasteiger partial charge in [-0.3, -0.25) is 0 Å². The van der Waals surface area contributed by atoms with E-state index in [1.165, 1.54) is 0 Å². The second-order valence-electron chi connectivity index (χ2n) is 3.96. The standard InChI is InChI=1S/C5H5.C3H7.CH3.H2Si.Zr/c1-2-4-5-3-1;1-3-2;;;/h1-5H;3H,1-2H3;1H3;1H2;. The van der Waals surface area contributed by atoms with Crippen molar-refractivity contribution in [3.05, 3.63) is 24.3 Å². The van der Waals surface area contributed by atoms with Gasteiger partial charge in [0.25, 0.3) is 0 Å². The quantitative estimate of drug-likeness (QED) is 0.655. The first-order valence-corrected chi connectivity index (χ1v) is 15.5. The fourth-order valence-corrected chi connectivity index (χ4v) is 7.47. The van der Waals surface area contributed by atoms with Gasteiger partial charge in [-0.25, -0.2) is 0 Å². The third kappa shape index (κ3) is 2.03. The Bertz CT molecular complexity index is 226. The summed E-state index contributed by atoms with van der Waals surface area (Å²) in [5.41, 5.74) is 0. The molecule has 1 unspecified atom stereocenters. The van der Waals surface area contributed by atoms with Crippen LogP contribution in [0.4, 0.5) is 0 Å². The fourth-order valence-electron chi connectivity index (χ4n) is 1.26. The van der Waals surface area contributed by atoms with Gasteiger partial charge in [0, 0.05) is 0 Å². The van der Waals surface area contributed by atoms with Crippen LogP contribution in [-0.4, -0.2) is 6.88 Å². The van der Waals surface area contributed by atoms with E-state index in [1.807, 2.05) is 0 Å². The van der Waals surface area contributed by atoms with E-state index in [2.05, 4.69) is 49.7 Å². The molecule has 0 spiro atoms. The zero-order chi connectivity index (χ0) is 8.48. The topological polar surface area (TPSA) is 0 Å². The Labute approximate surface area is 75.5 Å². The molecule has 0 radical (unpaired) electrons. The molecule has 0 heterocycles. The molecule has 11 heavy (non-hydrogen) atoms. The summed E-state index contributed by atoms with van der Waals surface area (Å²) in [6, 6.07) is 0. The normalized spacial score (nSPS) is 22.9. The van der Waals surface area contributed by atoms with Gasteiger partial charge < -0.3 is 0 Å². The van der Waals surface area contributed by atoms with E-state index in [0.717, 1.165) is 7.25 Å². The SMILES string of the molecule is C[CH](C)[Zr]([CH3])(=[SiH2])[CH]1C=CC=C1. The van der Waals surface area contributed by atoms with E-state index in [0.29, 0.717) is 0 Å². The molecule has 2 heteroatoms. The van der Waals surface area contributed by atoms with Crippen LogP contribution in [0.3, 0.4) is 0 Å². The van der Waals surface area contributed by atoms with Crippen LogP contribution < -0.4 is 0 Å². The molecule has 1 aliphatic carbocycles. The predicted octanol–water partition coefficient (Wildman–Crippen LogP) is 2.48. The van der Waals surface area contributed by atoms with E-state index in [1.54, 1.807) is 0 Å². The first-order valence-electron chi connectivity index (χ1n) is 4.25. The molecule has 0 N–H and O–H groups in total. The zero-order valence-electron chi connectivity index (χ0n) is 7.67. The molecular weight excluding hydrogens is 227 g/mol. The Balaban J connectivity index is 2.81. The van der Waals surface area contributed by atoms with Crippen LogP contribution in [-0.2, 0) is 18.9 Å². The van der Waals surface area contributed by atoms with Gasteiger partial charge in [-0.05, 0) is 0 Å². The Hall–Kier alpha value is 0.580. The summed E-state index contributed by atoms with van der Waals surface area (Å²) in [6.45, 7) is 7.12. The molecule has 0 amide bonds. The van der Waals surface area contributed by atoms with Crippen molar-refractivity contribution in [1.29, 1.82) is 0 Å². The van der Waals surface area contributed by atoms with Crippen LogP contribution in [0, 0.1) is 0 Å². The number of allylic oxidation sites excluding steroid dienone is 4. The van der Waals surface area contributed by atoms with Crippen LogP contribution in [0.15, 0.2) is 24.3 Å². The van der Waals surface area contributed by atoms with Gasteiger partial charge in [-0.15, -0.1) is 0 Å². The van der Waals surface area contributed by atoms with E-state index in [-0.39, 0.29) is 0 Å². The van der Waals surface area contributed by atoms with Crippen molar-refractivity contribution in [1.82, 2.24) is 0 Å². The summed E-state index contributed by atoms with van der Waals surface area (Å²) in [5.74, 6) is 0. The van der Waals surface area contributed by atoms with Crippen molar-refractivity contribution in [2.45, 2.75) is 25.7 Å². The third-order valence-electron chi connectivity index (χ3n) is 2.83. The van der Waals surface area contributed by atoms with Crippen molar-refractivity contribution >= 4 is 6.88 Å². The summed E-state index contributed by atoms with van der Waals surface area (Å²) in [4.78, 5) is 0. The first kappa shape index (κ1) is 9.67. The van der Waals surface area contributed by atoms with Gasteiger partial charge in [0.1, 0.15) is 0 Å². The van der Waals surface area contributed by atoms with E-state index >= 15 is 0 Å². The Morgan fingerprint density at radius 2 is 1.73 bits per heavy atom. The third-order valence-corrected chi connectivity index (χ3v) is 21.6. The van der Waals surface area contributed by atoms with Gasteiger partial charge in [-0.2, -0.15) is 0 Å². The van der Waals surface area contributed by atoms with Crippen LogP contribution in [0.25, 0.3) is 0 Å². The van der Waals surface area contributed by atoms with Crippen molar-refractivity contribution in [3.63, 3.8) is 0 Å². The Morgan fingerprint density at radius 3 is 2.09 bits per heavy atom. The summed E-state index contributed by atoms with van der Waals surface area (Å²) < 4.78 is 4.38. The van der Waals surface area contributed by atoms with Crippen LogP contribution in [0.1, 0.15) is 13.8 Å². The van der Waals surface area contributed by atoms with Crippen molar-refractivity contribution < 1.29 is 18.9 Å². The summed E-state index contributed by atoms with van der Waals surface area (Å²) in [6.07, 6.45) is 9.19. The molecule has 61 valence electrons. The predicted molar refractivity (Wildman–Crippen MR) is 51.5 cm³/mol. The van der Waals surface area contributed by atoms with E-state index in [9.17, 15) is 0 Å². The Morgan fingerprint density at radius 1 is 1.27 bits per heavy atom. The summed E-state index contributed by atoms with van der Waals surface area (Å²) in [5, 5.41) is 0. The molecule has 0 bridgehead atoms. The van der Waals surface area contributed by atoms with Crippen LogP contribution >= 0.6 is 0 Å². The summed E-state index contributed by atoms with van der Waals surface area (Å²) >= 11 is -1.72. The molecule has 1 atom stereocenters. The molecular formula is C9H17SiZr. The average molecular weight is 245 g/mol. The Kier molecular flexibility index (Phi) is 3.10. The minimum atomic E-state index is -1.72. The molecule has 0 aliphatic heterocycles. The molecule has 0 nitrogen and oxygen atoms in total. The molecule has 0 aromatic carbocycles. The average Bonchev–Trinajstić information content (AvgIpc) is 2.37. The fraction of sp³-hybridized carbons (Fsp3) is 0.556. The zero-order valence-corrected chi connectivity index (χ0v) is 11.5. The van der Waals surface area contributed by atoms with Crippen molar-refractivity contribution in [3.8, 4) is 0 Å². The molecule has 1 rings (SSSR count). The summed E-state index contributed by atoms with van der Waals surface area (Å²) in [7, 11) is 0. The van der Waals surface area contributed by atoms with Crippen molar-refractivity contribution in [2.24, 2.45) is 0 Å². The first-order chi connectivity index (χ1) is 5.05. The second-order valence-corrected chi connectivity index (χ2v) is 24.8. The molecule has 0 saturated heterocycles. The molecule has 0 saturated carbocycles. The maximum atomic E-state index is 2.56. The molecule has 1 aliphatic rings. The number of rotatable bonds is 2. The monoisotopic (exact) mass is 243 g/mol. The van der Waals surface area contributed by atoms with Gasteiger partial charge in [0.05, 0.1) is 0 Å². The van der Waals surface area contributed by atoms with Gasteiger partial charge in [-0.1, -0.05) is 0 Å². The van der Waals surface area contributed by atoms with Crippen LogP contribution in [0.5, 0.6) is 0 Å². The minimum absolute atomic E-state index is 0.864. The van der Waals surface area contributed by atoms with Gasteiger partial charge >= 0.3 is 75.8 Å². The van der Waals surface area contributed by atoms with Gasteiger partial charge in [0.15, 0.2) is 0 Å². The maximum absolute atomic E-state index is 2.56. The second kappa shape index (κ2) is 3.53. The van der Waals surface area contributed by atoms with Crippen LogP contribution in [0.2, 0.25) is 11.9 Å². The number of hydrogen-bond acceptors (Lipinski definition) is 0.